The minimum atomic E-state index is -0.339. The van der Waals surface area contributed by atoms with E-state index in [2.05, 4.69) is 5.32 Å². The predicted molar refractivity (Wildman–Crippen MR) is 92.4 cm³/mol. The standard InChI is InChI=1S/C17H21ClN2O4/c1-23-14-10-12(9-13(18)17(14)24-2)5-6-15(21)19-11-16(22)20-7-3-4-8-20/h5-6,9-10H,3-4,7-8,11H2,1-2H3,(H,19,21)/b6-5+. The summed E-state index contributed by atoms with van der Waals surface area (Å²) in [5.74, 6) is 0.531. The molecule has 7 heteroatoms. The molecule has 1 saturated heterocycles. The smallest absolute Gasteiger partial charge is 0.244 e. The number of benzene rings is 1. The van der Waals surface area contributed by atoms with Crippen molar-refractivity contribution in [1.82, 2.24) is 10.2 Å². The number of carbonyl (C=O) groups is 2. The molecule has 6 nitrogen and oxygen atoms in total. The first kappa shape index (κ1) is 18.1. The minimum Gasteiger partial charge on any atom is -0.493 e. The highest BCUT2D eigenvalue weighted by molar-refractivity contribution is 6.32. The average molecular weight is 353 g/mol. The zero-order chi connectivity index (χ0) is 17.5. The quantitative estimate of drug-likeness (QED) is 0.796. The van der Waals surface area contributed by atoms with E-state index in [1.54, 1.807) is 23.1 Å². The van der Waals surface area contributed by atoms with Gasteiger partial charge in [-0.15, -0.1) is 0 Å². The second kappa shape index (κ2) is 8.59. The molecular formula is C17H21ClN2O4. The van der Waals surface area contributed by atoms with Crippen molar-refractivity contribution in [2.45, 2.75) is 12.8 Å². The fraction of sp³-hybridized carbons (Fsp3) is 0.412. The molecule has 1 fully saturated rings. The third-order valence-electron chi connectivity index (χ3n) is 3.76. The Balaban J connectivity index is 1.93. The number of nitrogens with one attached hydrogen (secondary N) is 1. The molecule has 130 valence electrons. The zero-order valence-electron chi connectivity index (χ0n) is 13.8. The molecule has 24 heavy (non-hydrogen) atoms. The highest BCUT2D eigenvalue weighted by Crippen LogP contribution is 2.36. The van der Waals surface area contributed by atoms with Crippen LogP contribution in [0.4, 0.5) is 0 Å². The van der Waals surface area contributed by atoms with Gasteiger partial charge < -0.3 is 19.7 Å². The third kappa shape index (κ3) is 4.64. The van der Waals surface area contributed by atoms with E-state index in [1.807, 2.05) is 0 Å². The van der Waals surface area contributed by atoms with Crippen molar-refractivity contribution in [3.8, 4) is 11.5 Å². The van der Waals surface area contributed by atoms with Gasteiger partial charge in [-0.2, -0.15) is 0 Å². The molecule has 1 N–H and O–H groups in total. The Morgan fingerprint density at radius 1 is 1.25 bits per heavy atom. The summed E-state index contributed by atoms with van der Waals surface area (Å²) in [4.78, 5) is 25.5. The molecule has 1 aliphatic rings. The lowest BCUT2D eigenvalue weighted by atomic mass is 10.2. The van der Waals surface area contributed by atoms with Crippen molar-refractivity contribution in [3.05, 3.63) is 28.8 Å². The Bertz CT molecular complexity index is 640. The number of ether oxygens (including phenoxy) is 2. The number of amides is 2. The maximum Gasteiger partial charge on any atom is 0.244 e. The molecule has 0 unspecified atom stereocenters. The van der Waals surface area contributed by atoms with Gasteiger partial charge in [0, 0.05) is 19.2 Å². The number of nitrogens with zero attached hydrogens (tertiary/aromatic N) is 1. The van der Waals surface area contributed by atoms with Crippen molar-refractivity contribution < 1.29 is 19.1 Å². The van der Waals surface area contributed by atoms with Crippen LogP contribution < -0.4 is 14.8 Å². The van der Waals surface area contributed by atoms with Crippen LogP contribution in [0, 0.1) is 0 Å². The van der Waals surface area contributed by atoms with Gasteiger partial charge in [0.2, 0.25) is 11.8 Å². The van der Waals surface area contributed by atoms with Crippen LogP contribution in [0.1, 0.15) is 18.4 Å². The zero-order valence-corrected chi connectivity index (χ0v) is 14.6. The second-order valence-electron chi connectivity index (χ2n) is 5.38. The van der Waals surface area contributed by atoms with Crippen LogP contribution in [0.15, 0.2) is 18.2 Å². The summed E-state index contributed by atoms with van der Waals surface area (Å²) in [6.07, 6.45) is 5.01. The lowest BCUT2D eigenvalue weighted by Gasteiger charge is -2.14. The number of hydrogen-bond acceptors (Lipinski definition) is 4. The largest absolute Gasteiger partial charge is 0.493 e. The summed E-state index contributed by atoms with van der Waals surface area (Å²) in [5, 5.41) is 2.98. The number of halogens is 1. The first-order valence-electron chi connectivity index (χ1n) is 7.70. The summed E-state index contributed by atoms with van der Waals surface area (Å²) in [6.45, 7) is 1.55. The van der Waals surface area contributed by atoms with E-state index in [-0.39, 0.29) is 18.4 Å². The van der Waals surface area contributed by atoms with E-state index in [0.29, 0.717) is 22.1 Å². The minimum absolute atomic E-state index is 0.00978. The normalized spacial score (nSPS) is 14.0. The average Bonchev–Trinajstić information content (AvgIpc) is 3.11. The second-order valence-corrected chi connectivity index (χ2v) is 5.78. The van der Waals surface area contributed by atoms with Crippen LogP contribution in [0.25, 0.3) is 6.08 Å². The molecule has 1 heterocycles. The van der Waals surface area contributed by atoms with E-state index in [0.717, 1.165) is 25.9 Å². The topological polar surface area (TPSA) is 67.9 Å². The van der Waals surface area contributed by atoms with Crippen molar-refractivity contribution in [2.24, 2.45) is 0 Å². The summed E-state index contributed by atoms with van der Waals surface area (Å²) in [6, 6.07) is 3.38. The number of likely N-dealkylation sites (tertiary alicyclic amines) is 1. The number of hydrogen-bond donors (Lipinski definition) is 1. The summed E-state index contributed by atoms with van der Waals surface area (Å²) in [7, 11) is 3.02. The molecule has 0 aliphatic carbocycles. The van der Waals surface area contributed by atoms with Gasteiger partial charge in [0.15, 0.2) is 11.5 Å². The maximum absolute atomic E-state index is 11.9. The summed E-state index contributed by atoms with van der Waals surface area (Å²) < 4.78 is 10.4. The van der Waals surface area contributed by atoms with Gasteiger partial charge >= 0.3 is 0 Å². The van der Waals surface area contributed by atoms with Gasteiger partial charge in [-0.25, -0.2) is 0 Å². The van der Waals surface area contributed by atoms with Crippen molar-refractivity contribution in [1.29, 1.82) is 0 Å². The lowest BCUT2D eigenvalue weighted by Crippen LogP contribution is -2.38. The van der Waals surface area contributed by atoms with E-state index in [4.69, 9.17) is 21.1 Å². The Labute approximate surface area is 146 Å². The van der Waals surface area contributed by atoms with Crippen molar-refractivity contribution in [3.63, 3.8) is 0 Å². The van der Waals surface area contributed by atoms with E-state index >= 15 is 0 Å². The number of methoxy groups -OCH3 is 2. The molecule has 1 aliphatic heterocycles. The highest BCUT2D eigenvalue weighted by Gasteiger charge is 2.17. The molecule has 1 aromatic rings. The third-order valence-corrected chi connectivity index (χ3v) is 4.04. The van der Waals surface area contributed by atoms with E-state index < -0.39 is 0 Å². The Morgan fingerprint density at radius 3 is 2.58 bits per heavy atom. The SMILES string of the molecule is COc1cc(/C=C/C(=O)NCC(=O)N2CCCC2)cc(Cl)c1OC. The Hall–Kier alpha value is -2.21. The molecule has 0 radical (unpaired) electrons. The van der Waals surface area contributed by atoms with Crippen LogP contribution in [0.5, 0.6) is 11.5 Å². The summed E-state index contributed by atoms with van der Waals surface area (Å²) >= 11 is 6.11. The van der Waals surface area contributed by atoms with Crippen LogP contribution in [0.2, 0.25) is 5.02 Å². The Kier molecular flexibility index (Phi) is 6.49. The fourth-order valence-electron chi connectivity index (χ4n) is 2.51. The molecule has 1 aromatic carbocycles. The van der Waals surface area contributed by atoms with Gasteiger partial charge in [0.1, 0.15) is 0 Å². The molecule has 0 atom stereocenters. The van der Waals surface area contributed by atoms with Gasteiger partial charge in [-0.3, -0.25) is 9.59 Å². The van der Waals surface area contributed by atoms with Crippen molar-refractivity contribution >= 4 is 29.5 Å². The maximum atomic E-state index is 11.9. The highest BCUT2D eigenvalue weighted by atomic mass is 35.5. The molecule has 0 saturated carbocycles. The van der Waals surface area contributed by atoms with Gasteiger partial charge in [-0.1, -0.05) is 11.6 Å². The van der Waals surface area contributed by atoms with Gasteiger partial charge in [0.05, 0.1) is 25.8 Å². The summed E-state index contributed by atoms with van der Waals surface area (Å²) in [5.41, 5.74) is 0.693. The number of carbonyl (C=O) groups excluding carboxylic acids is 2. The molecule has 0 aromatic heterocycles. The van der Waals surface area contributed by atoms with Crippen LogP contribution in [0.3, 0.4) is 0 Å². The first-order chi connectivity index (χ1) is 11.5. The van der Waals surface area contributed by atoms with Gasteiger partial charge in [0.25, 0.3) is 0 Å². The lowest BCUT2D eigenvalue weighted by molar-refractivity contribution is -0.131. The molecule has 2 rings (SSSR count). The fourth-order valence-corrected chi connectivity index (χ4v) is 2.80. The molecule has 2 amide bonds. The van der Waals surface area contributed by atoms with Crippen LogP contribution >= 0.6 is 11.6 Å². The monoisotopic (exact) mass is 352 g/mol. The van der Waals surface area contributed by atoms with Gasteiger partial charge in [-0.05, 0) is 36.6 Å². The Morgan fingerprint density at radius 2 is 1.96 bits per heavy atom. The van der Waals surface area contributed by atoms with E-state index in [1.165, 1.54) is 20.3 Å². The molecule has 0 bridgehead atoms. The first-order valence-corrected chi connectivity index (χ1v) is 8.08. The predicted octanol–water partition coefficient (Wildman–Crippen LogP) is 2.11. The molecule has 0 spiro atoms. The van der Waals surface area contributed by atoms with Crippen LogP contribution in [-0.2, 0) is 9.59 Å². The van der Waals surface area contributed by atoms with Crippen molar-refractivity contribution in [2.75, 3.05) is 33.9 Å². The number of rotatable bonds is 6. The molecular weight excluding hydrogens is 332 g/mol. The van der Waals surface area contributed by atoms with E-state index in [9.17, 15) is 9.59 Å². The van der Waals surface area contributed by atoms with Crippen LogP contribution in [-0.4, -0.2) is 50.6 Å².